The lowest BCUT2D eigenvalue weighted by Gasteiger charge is -2.00. The first-order chi connectivity index (χ1) is 8.60. The summed E-state index contributed by atoms with van der Waals surface area (Å²) >= 11 is 3.97. The van der Waals surface area contributed by atoms with E-state index in [9.17, 15) is 9.18 Å². The summed E-state index contributed by atoms with van der Waals surface area (Å²) in [5, 5.41) is 16.5. The van der Waals surface area contributed by atoms with Gasteiger partial charge in [0.2, 0.25) is 0 Å². The van der Waals surface area contributed by atoms with Crippen LogP contribution in [-0.4, -0.2) is 27.5 Å². The maximum atomic E-state index is 13.7. The topological polar surface area (TPSA) is 63.1 Å². The minimum absolute atomic E-state index is 0.0704. The Hall–Kier alpha value is -1.12. The van der Waals surface area contributed by atoms with Crippen LogP contribution in [0.1, 0.15) is 10.4 Å². The number of thioether (sulfide) groups is 1. The van der Waals surface area contributed by atoms with Gasteiger partial charge in [-0.05, 0) is 24.5 Å². The SMILES string of the molecule is CSc1nnc(Sc2ccc(C(=O)O)cc2F)s1. The lowest BCUT2D eigenvalue weighted by Crippen LogP contribution is -1.97. The van der Waals surface area contributed by atoms with Crippen LogP contribution in [0.5, 0.6) is 0 Å². The van der Waals surface area contributed by atoms with Crippen LogP contribution in [0, 0.1) is 5.82 Å². The summed E-state index contributed by atoms with van der Waals surface area (Å²) in [5.74, 6) is -1.72. The average Bonchev–Trinajstić information content (AvgIpc) is 2.79. The molecule has 0 saturated carbocycles. The highest BCUT2D eigenvalue weighted by Gasteiger charge is 2.12. The Labute approximate surface area is 115 Å². The molecular formula is C10H7FN2O2S3. The molecule has 94 valence electrons. The molecule has 0 spiro atoms. The zero-order valence-corrected chi connectivity index (χ0v) is 11.5. The van der Waals surface area contributed by atoms with Gasteiger partial charge in [-0.1, -0.05) is 34.9 Å². The summed E-state index contributed by atoms with van der Waals surface area (Å²) in [6.07, 6.45) is 1.89. The molecule has 2 aromatic rings. The van der Waals surface area contributed by atoms with Gasteiger partial charge in [0.1, 0.15) is 5.82 Å². The first-order valence-electron chi connectivity index (χ1n) is 4.68. The maximum absolute atomic E-state index is 13.7. The van der Waals surface area contributed by atoms with Gasteiger partial charge in [-0.2, -0.15) is 0 Å². The van der Waals surface area contributed by atoms with E-state index in [2.05, 4.69) is 10.2 Å². The number of carbonyl (C=O) groups is 1. The van der Waals surface area contributed by atoms with Gasteiger partial charge in [0.05, 0.1) is 10.5 Å². The largest absolute Gasteiger partial charge is 0.478 e. The third kappa shape index (κ3) is 3.01. The fourth-order valence-corrected chi connectivity index (χ4v) is 3.53. The normalized spacial score (nSPS) is 10.6. The summed E-state index contributed by atoms with van der Waals surface area (Å²) in [7, 11) is 0. The molecule has 0 amide bonds. The molecule has 1 aromatic carbocycles. The van der Waals surface area contributed by atoms with E-state index in [0.717, 1.165) is 22.2 Å². The zero-order valence-electron chi connectivity index (χ0n) is 9.08. The number of nitrogens with zero attached hydrogens (tertiary/aromatic N) is 2. The smallest absolute Gasteiger partial charge is 0.335 e. The number of hydrogen-bond donors (Lipinski definition) is 1. The van der Waals surface area contributed by atoms with Crippen molar-refractivity contribution in [3.05, 3.63) is 29.6 Å². The molecule has 1 aromatic heterocycles. The van der Waals surface area contributed by atoms with Crippen LogP contribution in [0.4, 0.5) is 4.39 Å². The van der Waals surface area contributed by atoms with Gasteiger partial charge in [-0.3, -0.25) is 0 Å². The first kappa shape index (κ1) is 13.3. The highest BCUT2D eigenvalue weighted by atomic mass is 32.2. The van der Waals surface area contributed by atoms with E-state index in [0.29, 0.717) is 9.24 Å². The van der Waals surface area contributed by atoms with E-state index in [-0.39, 0.29) is 5.56 Å². The fraction of sp³-hybridized carbons (Fsp3) is 0.100. The number of hydrogen-bond acceptors (Lipinski definition) is 6. The zero-order chi connectivity index (χ0) is 13.1. The third-order valence-corrected chi connectivity index (χ3v) is 4.94. The van der Waals surface area contributed by atoms with E-state index in [1.54, 1.807) is 0 Å². The van der Waals surface area contributed by atoms with Crippen LogP contribution < -0.4 is 0 Å². The predicted molar refractivity (Wildman–Crippen MR) is 69.2 cm³/mol. The number of carboxylic acid groups (broad SMARTS) is 1. The van der Waals surface area contributed by atoms with Gasteiger partial charge >= 0.3 is 5.97 Å². The Morgan fingerprint density at radius 1 is 1.39 bits per heavy atom. The van der Waals surface area contributed by atoms with Crippen molar-refractivity contribution < 1.29 is 14.3 Å². The maximum Gasteiger partial charge on any atom is 0.335 e. The summed E-state index contributed by atoms with van der Waals surface area (Å²) in [5.41, 5.74) is -0.0704. The monoisotopic (exact) mass is 302 g/mol. The Morgan fingerprint density at radius 3 is 2.67 bits per heavy atom. The molecule has 4 nitrogen and oxygen atoms in total. The Morgan fingerprint density at radius 2 is 2.11 bits per heavy atom. The molecule has 0 atom stereocenters. The number of carboxylic acids is 1. The van der Waals surface area contributed by atoms with E-state index in [4.69, 9.17) is 5.11 Å². The highest BCUT2D eigenvalue weighted by molar-refractivity contribution is 8.03. The lowest BCUT2D eigenvalue weighted by molar-refractivity contribution is 0.0696. The molecular weight excluding hydrogens is 295 g/mol. The van der Waals surface area contributed by atoms with Crippen molar-refractivity contribution in [3.63, 3.8) is 0 Å². The number of benzene rings is 1. The molecule has 0 aliphatic heterocycles. The van der Waals surface area contributed by atoms with Crippen LogP contribution in [0.15, 0.2) is 31.8 Å². The molecule has 0 radical (unpaired) electrons. The van der Waals surface area contributed by atoms with E-state index >= 15 is 0 Å². The molecule has 0 saturated heterocycles. The quantitative estimate of drug-likeness (QED) is 0.875. The minimum atomic E-state index is -1.15. The lowest BCUT2D eigenvalue weighted by atomic mass is 10.2. The number of halogens is 1. The van der Waals surface area contributed by atoms with Crippen molar-refractivity contribution in [1.82, 2.24) is 10.2 Å². The molecule has 1 heterocycles. The second-order valence-corrected chi connectivity index (χ2v) is 6.41. The van der Waals surface area contributed by atoms with Gasteiger partial charge in [0.25, 0.3) is 0 Å². The minimum Gasteiger partial charge on any atom is -0.478 e. The van der Waals surface area contributed by atoms with E-state index < -0.39 is 11.8 Å². The van der Waals surface area contributed by atoms with Crippen molar-refractivity contribution in [1.29, 1.82) is 0 Å². The first-order valence-corrected chi connectivity index (χ1v) is 7.54. The Kier molecular flexibility index (Phi) is 4.20. The van der Waals surface area contributed by atoms with E-state index in [1.807, 2.05) is 6.26 Å². The van der Waals surface area contributed by atoms with Gasteiger partial charge in [-0.25, -0.2) is 9.18 Å². The molecule has 0 aliphatic carbocycles. The van der Waals surface area contributed by atoms with Crippen molar-refractivity contribution in [2.24, 2.45) is 0 Å². The van der Waals surface area contributed by atoms with Gasteiger partial charge < -0.3 is 5.11 Å². The van der Waals surface area contributed by atoms with Crippen LogP contribution >= 0.6 is 34.9 Å². The molecule has 2 rings (SSSR count). The average molecular weight is 302 g/mol. The molecule has 8 heteroatoms. The number of rotatable bonds is 4. The Balaban J connectivity index is 2.21. The van der Waals surface area contributed by atoms with Gasteiger partial charge in [-0.15, -0.1) is 10.2 Å². The molecule has 0 aliphatic rings. The molecule has 0 unspecified atom stereocenters. The standard InChI is InChI=1S/C10H7FN2O2S3/c1-16-9-12-13-10(18-9)17-7-3-2-5(8(14)15)4-6(7)11/h2-4H,1H3,(H,14,15). The fourth-order valence-electron chi connectivity index (χ4n) is 1.13. The van der Waals surface area contributed by atoms with Crippen molar-refractivity contribution in [2.75, 3.05) is 6.26 Å². The second kappa shape index (κ2) is 5.68. The molecule has 0 fully saturated rings. The van der Waals surface area contributed by atoms with Crippen LogP contribution in [0.2, 0.25) is 0 Å². The summed E-state index contributed by atoms with van der Waals surface area (Å²) in [6, 6.07) is 3.80. The van der Waals surface area contributed by atoms with Crippen LogP contribution in [0.3, 0.4) is 0 Å². The van der Waals surface area contributed by atoms with E-state index in [1.165, 1.54) is 35.2 Å². The van der Waals surface area contributed by atoms with Crippen molar-refractivity contribution >= 4 is 40.8 Å². The second-order valence-electron chi connectivity index (χ2n) is 3.09. The molecule has 0 bridgehead atoms. The van der Waals surface area contributed by atoms with Gasteiger partial charge in [0, 0.05) is 0 Å². The summed E-state index contributed by atoms with van der Waals surface area (Å²) in [6.45, 7) is 0. The van der Waals surface area contributed by atoms with Gasteiger partial charge in [0.15, 0.2) is 8.68 Å². The third-order valence-electron chi connectivity index (χ3n) is 1.94. The highest BCUT2D eigenvalue weighted by Crippen LogP contribution is 2.34. The van der Waals surface area contributed by atoms with Crippen molar-refractivity contribution in [2.45, 2.75) is 13.6 Å². The van der Waals surface area contributed by atoms with Crippen LogP contribution in [-0.2, 0) is 0 Å². The Bertz CT molecular complexity index is 588. The molecule has 18 heavy (non-hydrogen) atoms. The molecule has 1 N–H and O–H groups in total. The number of aromatic carboxylic acids is 1. The van der Waals surface area contributed by atoms with Crippen LogP contribution in [0.25, 0.3) is 0 Å². The van der Waals surface area contributed by atoms with Crippen molar-refractivity contribution in [3.8, 4) is 0 Å². The predicted octanol–water partition coefficient (Wildman–Crippen LogP) is 3.25. The summed E-state index contributed by atoms with van der Waals surface area (Å²) in [4.78, 5) is 11.0. The summed E-state index contributed by atoms with van der Waals surface area (Å²) < 4.78 is 15.1. The number of aromatic nitrogens is 2.